The van der Waals surface area contributed by atoms with E-state index in [1.165, 1.54) is 12.1 Å². The summed E-state index contributed by atoms with van der Waals surface area (Å²) in [5.41, 5.74) is 0.677. The van der Waals surface area contributed by atoms with E-state index >= 15 is 0 Å². The van der Waals surface area contributed by atoms with Crippen LogP contribution in [0.4, 0.5) is 5.82 Å². The molecule has 1 N–H and O–H groups in total. The molecule has 8 heteroatoms. The number of fused-ring (bicyclic) bond motifs is 1. The molecule has 0 fully saturated rings. The van der Waals surface area contributed by atoms with Crippen molar-refractivity contribution in [1.29, 1.82) is 0 Å². The summed E-state index contributed by atoms with van der Waals surface area (Å²) in [6.07, 6.45) is 0.852. The van der Waals surface area contributed by atoms with Crippen LogP contribution in [0.5, 0.6) is 0 Å². The third kappa shape index (κ3) is 3.29. The molecule has 2 aromatic rings. The van der Waals surface area contributed by atoms with Crippen molar-refractivity contribution in [3.05, 3.63) is 38.3 Å². The standard InChI is InChI=1S/C14H18Cl2N4O2/c1-9-14(17-5-4-6-18(2)3)20(22)13-8-11(16)10(15)7-12(13)19(9)21/h7-8,17H,4-6H2,1-3H3. The van der Waals surface area contributed by atoms with Crippen molar-refractivity contribution >= 4 is 40.1 Å². The van der Waals surface area contributed by atoms with E-state index in [1.807, 2.05) is 14.1 Å². The molecule has 6 nitrogen and oxygen atoms in total. The first-order valence-corrected chi connectivity index (χ1v) is 7.61. The van der Waals surface area contributed by atoms with E-state index in [0.717, 1.165) is 13.0 Å². The Balaban J connectivity index is 2.40. The molecule has 0 radical (unpaired) electrons. The van der Waals surface area contributed by atoms with Gasteiger partial charge in [-0.1, -0.05) is 23.2 Å². The van der Waals surface area contributed by atoms with Crippen LogP contribution in [-0.2, 0) is 0 Å². The highest BCUT2D eigenvalue weighted by atomic mass is 35.5. The minimum absolute atomic E-state index is 0.185. The van der Waals surface area contributed by atoms with E-state index in [2.05, 4.69) is 10.2 Å². The molecule has 1 aromatic heterocycles. The summed E-state index contributed by atoms with van der Waals surface area (Å²) < 4.78 is 1.39. The molecule has 2 rings (SSSR count). The third-order valence-corrected chi connectivity index (χ3v) is 4.10. The van der Waals surface area contributed by atoms with E-state index in [0.29, 0.717) is 21.7 Å². The number of nitrogens with one attached hydrogen (secondary N) is 1. The summed E-state index contributed by atoms with van der Waals surface area (Å²) in [6.45, 7) is 3.07. The van der Waals surface area contributed by atoms with E-state index in [9.17, 15) is 10.4 Å². The predicted molar refractivity (Wildman–Crippen MR) is 88.3 cm³/mol. The number of hydrogen-bond donors (Lipinski definition) is 1. The van der Waals surface area contributed by atoms with Gasteiger partial charge in [0.2, 0.25) is 5.52 Å². The highest BCUT2D eigenvalue weighted by Crippen LogP contribution is 2.25. The fourth-order valence-corrected chi connectivity index (χ4v) is 2.51. The molecular formula is C14H18Cl2N4O2. The van der Waals surface area contributed by atoms with Crippen molar-refractivity contribution in [2.24, 2.45) is 0 Å². The smallest absolute Gasteiger partial charge is 0.347 e. The normalized spacial score (nSPS) is 11.4. The monoisotopic (exact) mass is 344 g/mol. The molecule has 0 spiro atoms. The lowest BCUT2D eigenvalue weighted by Gasteiger charge is -2.15. The highest BCUT2D eigenvalue weighted by molar-refractivity contribution is 6.42. The Bertz CT molecular complexity index is 707. The predicted octanol–water partition coefficient (Wildman–Crippen LogP) is 2.09. The molecule has 0 atom stereocenters. The number of halogens is 2. The minimum atomic E-state index is 0.185. The fraction of sp³-hybridized carbons (Fsp3) is 0.429. The lowest BCUT2D eigenvalue weighted by atomic mass is 10.2. The van der Waals surface area contributed by atoms with Gasteiger partial charge in [-0.3, -0.25) is 5.32 Å². The molecule has 0 bridgehead atoms. The quantitative estimate of drug-likeness (QED) is 0.512. The molecule has 120 valence electrons. The van der Waals surface area contributed by atoms with Crippen molar-refractivity contribution in [3.63, 3.8) is 0 Å². The van der Waals surface area contributed by atoms with Crippen LogP contribution >= 0.6 is 23.2 Å². The summed E-state index contributed by atoms with van der Waals surface area (Å²) in [6, 6.07) is 2.81. The second-order valence-corrected chi connectivity index (χ2v) is 6.18. The van der Waals surface area contributed by atoms with E-state index in [1.54, 1.807) is 6.92 Å². The second kappa shape index (κ2) is 6.73. The number of aromatic nitrogens is 2. The maximum Gasteiger partial charge on any atom is 0.347 e. The van der Waals surface area contributed by atoms with Crippen molar-refractivity contribution in [3.8, 4) is 0 Å². The van der Waals surface area contributed by atoms with Crippen LogP contribution in [0.2, 0.25) is 10.0 Å². The largest absolute Gasteiger partial charge is 0.710 e. The summed E-state index contributed by atoms with van der Waals surface area (Å²) in [7, 11) is 3.96. The molecule has 1 heterocycles. The van der Waals surface area contributed by atoms with E-state index < -0.39 is 0 Å². The topological polar surface area (TPSA) is 69.1 Å². The molecule has 22 heavy (non-hydrogen) atoms. The van der Waals surface area contributed by atoms with Gasteiger partial charge in [0.15, 0.2) is 0 Å². The molecule has 0 amide bonds. The van der Waals surface area contributed by atoms with E-state index in [4.69, 9.17) is 23.2 Å². The lowest BCUT2D eigenvalue weighted by molar-refractivity contribution is -0.623. The summed E-state index contributed by atoms with van der Waals surface area (Å²) in [5.74, 6) is 0.236. The zero-order valence-corrected chi connectivity index (χ0v) is 14.2. The Morgan fingerprint density at radius 1 is 1.09 bits per heavy atom. The van der Waals surface area contributed by atoms with Crippen molar-refractivity contribution in [2.75, 3.05) is 32.5 Å². The number of rotatable bonds is 5. The second-order valence-electron chi connectivity index (χ2n) is 5.36. The van der Waals surface area contributed by atoms with Crippen LogP contribution in [0.15, 0.2) is 12.1 Å². The van der Waals surface area contributed by atoms with Gasteiger partial charge in [0, 0.05) is 25.6 Å². The average molecular weight is 345 g/mol. The molecule has 1 aromatic carbocycles. The van der Waals surface area contributed by atoms with Crippen molar-refractivity contribution in [2.45, 2.75) is 13.3 Å². The molecule has 0 aliphatic heterocycles. The van der Waals surface area contributed by atoms with Gasteiger partial charge in [0.25, 0.3) is 11.2 Å². The number of benzene rings is 1. The highest BCUT2D eigenvalue weighted by Gasteiger charge is 2.23. The van der Waals surface area contributed by atoms with Crippen LogP contribution in [0.3, 0.4) is 0 Å². The van der Waals surface area contributed by atoms with Gasteiger partial charge in [-0.25, -0.2) is 4.73 Å². The third-order valence-electron chi connectivity index (χ3n) is 3.38. The Kier molecular flexibility index (Phi) is 5.16. The minimum Gasteiger partial charge on any atom is -0.710 e. The molecule has 0 aliphatic rings. The van der Waals surface area contributed by atoms with Crippen molar-refractivity contribution < 1.29 is 9.46 Å². The molecule has 0 saturated carbocycles. The summed E-state index contributed by atoms with van der Waals surface area (Å²) in [5, 5.41) is 28.3. The zero-order chi connectivity index (χ0) is 16.4. The van der Waals surface area contributed by atoms with E-state index in [-0.39, 0.29) is 26.9 Å². The first-order valence-electron chi connectivity index (χ1n) is 6.86. The van der Waals surface area contributed by atoms with Crippen LogP contribution < -0.4 is 14.8 Å². The number of hydrogen-bond acceptors (Lipinski definition) is 4. The first kappa shape index (κ1) is 16.9. The molecular weight excluding hydrogens is 327 g/mol. The summed E-state index contributed by atoms with van der Waals surface area (Å²) >= 11 is 11.9. The Morgan fingerprint density at radius 2 is 1.64 bits per heavy atom. The van der Waals surface area contributed by atoms with Crippen LogP contribution in [0.1, 0.15) is 12.1 Å². The first-order chi connectivity index (χ1) is 10.3. The van der Waals surface area contributed by atoms with Gasteiger partial charge in [0.05, 0.1) is 16.6 Å². The molecule has 0 aliphatic carbocycles. The Morgan fingerprint density at radius 3 is 2.18 bits per heavy atom. The maximum atomic E-state index is 12.5. The maximum absolute atomic E-state index is 12.5. The number of nitrogens with zero attached hydrogens (tertiary/aromatic N) is 3. The SMILES string of the molecule is Cc1c(NCCCN(C)C)[n+]([O-])c2cc(Cl)c(Cl)cc2[n+]1[O-]. The van der Waals surface area contributed by atoms with Gasteiger partial charge in [-0.05, 0) is 20.5 Å². The summed E-state index contributed by atoms with van der Waals surface area (Å²) in [4.78, 5) is 2.05. The Hall–Kier alpha value is -1.50. The Labute approximate surface area is 139 Å². The van der Waals surface area contributed by atoms with Crippen LogP contribution in [0, 0.1) is 17.3 Å². The van der Waals surface area contributed by atoms with Crippen LogP contribution in [-0.4, -0.2) is 32.1 Å². The van der Waals surface area contributed by atoms with Gasteiger partial charge in [-0.15, -0.1) is 0 Å². The van der Waals surface area contributed by atoms with Gasteiger partial charge in [-0.2, -0.15) is 4.73 Å². The van der Waals surface area contributed by atoms with Gasteiger partial charge >= 0.3 is 5.82 Å². The molecule has 0 unspecified atom stereocenters. The van der Waals surface area contributed by atoms with Crippen molar-refractivity contribution in [1.82, 2.24) is 4.90 Å². The van der Waals surface area contributed by atoms with Crippen LogP contribution in [0.25, 0.3) is 11.0 Å². The van der Waals surface area contributed by atoms with Gasteiger partial charge < -0.3 is 15.3 Å². The van der Waals surface area contributed by atoms with Gasteiger partial charge in [0.1, 0.15) is 0 Å². The fourth-order valence-electron chi connectivity index (χ4n) is 2.20. The average Bonchev–Trinajstić information content (AvgIpc) is 2.46. The lowest BCUT2D eigenvalue weighted by Crippen LogP contribution is -2.43. The number of anilines is 1. The zero-order valence-electron chi connectivity index (χ0n) is 12.7. The molecule has 0 saturated heterocycles.